The third kappa shape index (κ3) is 3.94. The second kappa shape index (κ2) is 9.36. The van der Waals surface area contributed by atoms with Gasteiger partial charge in [-0.15, -0.1) is 4.59 Å². The lowest BCUT2D eigenvalue weighted by atomic mass is 9.76. The van der Waals surface area contributed by atoms with Crippen LogP contribution in [-0.4, -0.2) is 70.2 Å². The van der Waals surface area contributed by atoms with Gasteiger partial charge in [0.1, 0.15) is 11.9 Å². The van der Waals surface area contributed by atoms with Crippen molar-refractivity contribution >= 4 is 23.0 Å². The van der Waals surface area contributed by atoms with Gasteiger partial charge in [-0.1, -0.05) is 49.4 Å². The molecule has 0 amide bonds. The number of allylic oxidation sites excluding steroid dienone is 2. The number of nitrogens with zero attached hydrogens (tertiary/aromatic N) is 6. The van der Waals surface area contributed by atoms with E-state index in [4.69, 9.17) is 15.8 Å². The average Bonchev–Trinajstić information content (AvgIpc) is 3.25. The summed E-state index contributed by atoms with van der Waals surface area (Å²) >= 11 is 0. The van der Waals surface area contributed by atoms with Crippen molar-refractivity contribution in [2.45, 2.75) is 25.8 Å². The number of aromatic nitrogens is 1. The van der Waals surface area contributed by atoms with Crippen molar-refractivity contribution in [3.8, 4) is 11.3 Å². The Bertz CT molecular complexity index is 1490. The molecule has 38 heavy (non-hydrogen) atoms. The van der Waals surface area contributed by atoms with Crippen LogP contribution in [0.1, 0.15) is 25.3 Å². The van der Waals surface area contributed by atoms with Crippen molar-refractivity contribution in [1.82, 2.24) is 14.8 Å². The molecule has 0 spiro atoms. The smallest absolute Gasteiger partial charge is 0.264 e. The Morgan fingerprint density at radius 2 is 1.74 bits per heavy atom. The number of amidine groups is 1. The quantitative estimate of drug-likeness (QED) is 0.409. The standard InChI is InChI=1S/C31H34N7/c1-2-36-13-15-37(16-14-36)26-18-25(19-26)30-29-21-33-12-17-38(29,32)31(35-30)24-9-8-23-10-11-27(34-28(23)20-24)22-6-4-3-5-7-22/h3-12,17,20-21,25-26H,2,13-16,18-19,32H2,1H3/q+1. The first-order chi connectivity index (χ1) is 18.6. The van der Waals surface area contributed by atoms with Gasteiger partial charge in [0, 0.05) is 49.1 Å². The van der Waals surface area contributed by atoms with Crippen LogP contribution in [0.25, 0.3) is 22.2 Å². The van der Waals surface area contributed by atoms with E-state index in [1.807, 2.05) is 30.6 Å². The van der Waals surface area contributed by atoms with Gasteiger partial charge in [-0.05, 0) is 37.6 Å². The Kier molecular flexibility index (Phi) is 5.82. The number of nitrogens with two attached hydrogens (primary N) is 1. The van der Waals surface area contributed by atoms with Crippen molar-refractivity contribution in [2.24, 2.45) is 21.7 Å². The highest BCUT2D eigenvalue weighted by Crippen LogP contribution is 2.44. The summed E-state index contributed by atoms with van der Waals surface area (Å²) in [5.74, 6) is 8.31. The first-order valence-electron chi connectivity index (χ1n) is 13.8. The van der Waals surface area contributed by atoms with E-state index in [-0.39, 0.29) is 4.59 Å². The van der Waals surface area contributed by atoms with Crippen LogP contribution in [-0.2, 0) is 0 Å². The molecule has 4 heterocycles. The van der Waals surface area contributed by atoms with Crippen LogP contribution in [0.3, 0.4) is 0 Å². The maximum atomic E-state index is 7.06. The highest BCUT2D eigenvalue weighted by atomic mass is 15.6. The minimum Gasteiger partial charge on any atom is -0.301 e. The van der Waals surface area contributed by atoms with Crippen LogP contribution in [0, 0.1) is 5.92 Å². The maximum Gasteiger partial charge on any atom is 0.264 e. The molecule has 1 aromatic heterocycles. The molecule has 1 saturated carbocycles. The molecule has 3 aromatic rings. The number of piperazine rings is 1. The zero-order chi connectivity index (χ0) is 25.7. The molecule has 0 bridgehead atoms. The molecule has 7 rings (SSSR count). The summed E-state index contributed by atoms with van der Waals surface area (Å²) in [7, 11) is 0. The fourth-order valence-corrected chi connectivity index (χ4v) is 6.29. The van der Waals surface area contributed by atoms with Crippen LogP contribution in [0.4, 0.5) is 0 Å². The topological polar surface area (TPSA) is 70.1 Å². The van der Waals surface area contributed by atoms with Crippen molar-refractivity contribution in [1.29, 1.82) is 0 Å². The number of likely N-dealkylation sites (N-methyl/N-ethyl adjacent to an activating group) is 1. The summed E-state index contributed by atoms with van der Waals surface area (Å²) in [5.41, 5.74) is 6.11. The van der Waals surface area contributed by atoms with E-state index in [1.165, 1.54) is 26.2 Å². The lowest BCUT2D eigenvalue weighted by Gasteiger charge is -2.46. The first-order valence-corrected chi connectivity index (χ1v) is 13.8. The van der Waals surface area contributed by atoms with Crippen molar-refractivity contribution in [3.63, 3.8) is 0 Å². The number of benzene rings is 2. The first kappa shape index (κ1) is 23.6. The molecular formula is C31H34N7+. The summed E-state index contributed by atoms with van der Waals surface area (Å²) in [6.07, 6.45) is 7.91. The van der Waals surface area contributed by atoms with E-state index >= 15 is 0 Å². The summed E-state index contributed by atoms with van der Waals surface area (Å²) < 4.78 is 0.0685. The average molecular weight is 505 g/mol. The Morgan fingerprint density at radius 1 is 0.947 bits per heavy atom. The van der Waals surface area contributed by atoms with Gasteiger partial charge in [-0.3, -0.25) is 9.89 Å². The normalized spacial score (nSPS) is 27.5. The Hall–Kier alpha value is -3.49. The molecule has 4 aliphatic rings. The van der Waals surface area contributed by atoms with E-state index in [9.17, 15) is 0 Å². The molecule has 2 aromatic carbocycles. The van der Waals surface area contributed by atoms with Crippen molar-refractivity contribution in [3.05, 3.63) is 90.0 Å². The highest BCUT2D eigenvalue weighted by Gasteiger charge is 2.49. The van der Waals surface area contributed by atoms with Gasteiger partial charge in [-0.25, -0.2) is 4.98 Å². The maximum absolute atomic E-state index is 7.06. The summed E-state index contributed by atoms with van der Waals surface area (Å²) in [5, 5.41) is 1.10. The summed E-state index contributed by atoms with van der Waals surface area (Å²) in [6, 6.07) is 21.5. The number of aliphatic imine (C=N–C) groups is 2. The van der Waals surface area contributed by atoms with Crippen LogP contribution in [0.5, 0.6) is 0 Å². The number of quaternary nitrogens is 1. The minimum atomic E-state index is 0.0685. The van der Waals surface area contributed by atoms with E-state index in [2.05, 4.69) is 64.2 Å². The highest BCUT2D eigenvalue weighted by molar-refractivity contribution is 6.02. The third-order valence-electron chi connectivity index (χ3n) is 8.71. The number of hydrogen-bond acceptors (Lipinski definition) is 6. The van der Waals surface area contributed by atoms with E-state index < -0.39 is 0 Å². The van der Waals surface area contributed by atoms with Crippen LogP contribution >= 0.6 is 0 Å². The molecule has 2 N–H and O–H groups in total. The van der Waals surface area contributed by atoms with Crippen LogP contribution in [0.15, 0.2) is 94.4 Å². The van der Waals surface area contributed by atoms with E-state index in [0.717, 1.165) is 64.3 Å². The fraction of sp³-hybridized carbons (Fsp3) is 0.323. The predicted octanol–water partition coefficient (Wildman–Crippen LogP) is 4.54. The van der Waals surface area contributed by atoms with Gasteiger partial charge in [0.15, 0.2) is 0 Å². The molecule has 3 aliphatic heterocycles. The minimum absolute atomic E-state index is 0.0685. The molecule has 192 valence electrons. The van der Waals surface area contributed by atoms with Gasteiger partial charge in [-0.2, -0.15) is 10.8 Å². The van der Waals surface area contributed by atoms with Crippen LogP contribution < -0.4 is 5.84 Å². The zero-order valence-electron chi connectivity index (χ0n) is 21.9. The second-order valence-electron chi connectivity index (χ2n) is 10.8. The Balaban J connectivity index is 1.18. The second-order valence-corrected chi connectivity index (χ2v) is 10.8. The monoisotopic (exact) mass is 504 g/mol. The van der Waals surface area contributed by atoms with E-state index in [0.29, 0.717) is 12.0 Å². The number of rotatable bonds is 5. The van der Waals surface area contributed by atoms with Gasteiger partial charge in [0.05, 0.1) is 29.2 Å². The molecule has 1 saturated heterocycles. The zero-order valence-corrected chi connectivity index (χ0v) is 21.9. The third-order valence-corrected chi connectivity index (χ3v) is 8.71. The number of pyridine rings is 1. The molecule has 7 heteroatoms. The number of hydrogen-bond donors (Lipinski definition) is 1. The lowest BCUT2D eigenvalue weighted by Crippen LogP contribution is -2.54. The molecule has 0 radical (unpaired) electrons. The van der Waals surface area contributed by atoms with Gasteiger partial charge in [0.2, 0.25) is 5.70 Å². The van der Waals surface area contributed by atoms with E-state index in [1.54, 1.807) is 6.20 Å². The van der Waals surface area contributed by atoms with Crippen molar-refractivity contribution < 1.29 is 4.59 Å². The SMILES string of the molecule is CCN1CCN(C2CC(C3=C4C=NC=C[N+]4(N)C(c4ccc5ccc(-c6ccccc6)nc5c4)=N3)C2)CC1. The molecule has 1 atom stereocenters. The van der Waals surface area contributed by atoms with Gasteiger partial charge in [0.25, 0.3) is 5.84 Å². The summed E-state index contributed by atoms with van der Waals surface area (Å²) in [4.78, 5) is 19.9. The molecule has 1 unspecified atom stereocenters. The molecular weight excluding hydrogens is 470 g/mol. The molecule has 7 nitrogen and oxygen atoms in total. The number of fused-ring (bicyclic) bond motifs is 2. The molecule has 2 fully saturated rings. The Morgan fingerprint density at radius 3 is 2.53 bits per heavy atom. The molecule has 1 aliphatic carbocycles. The lowest BCUT2D eigenvalue weighted by molar-refractivity contribution is -0.750. The van der Waals surface area contributed by atoms with Crippen molar-refractivity contribution in [2.75, 3.05) is 32.7 Å². The van der Waals surface area contributed by atoms with Gasteiger partial charge >= 0.3 is 0 Å². The largest absolute Gasteiger partial charge is 0.301 e. The predicted molar refractivity (Wildman–Crippen MR) is 153 cm³/mol. The Labute approximate surface area is 223 Å². The van der Waals surface area contributed by atoms with Crippen LogP contribution in [0.2, 0.25) is 0 Å². The van der Waals surface area contributed by atoms with Gasteiger partial charge < -0.3 is 4.90 Å². The fourth-order valence-electron chi connectivity index (χ4n) is 6.29. The summed E-state index contributed by atoms with van der Waals surface area (Å²) in [6.45, 7) is 8.09.